The summed E-state index contributed by atoms with van der Waals surface area (Å²) in [5, 5.41) is 2.67. The summed E-state index contributed by atoms with van der Waals surface area (Å²) in [6, 6.07) is 3.59. The zero-order chi connectivity index (χ0) is 11.5. The molecule has 0 aliphatic rings. The fourth-order valence-corrected chi connectivity index (χ4v) is 1.08. The first-order valence-corrected chi connectivity index (χ1v) is 4.15. The third kappa shape index (κ3) is 3.61. The van der Waals surface area contributed by atoms with Gasteiger partial charge in [-0.25, -0.2) is 4.39 Å². The smallest absolute Gasteiger partial charge is 0.388 e. The second-order valence-corrected chi connectivity index (χ2v) is 2.86. The molecule has 0 aliphatic heterocycles. The molecule has 0 radical (unpaired) electrons. The van der Waals surface area contributed by atoms with E-state index in [1.807, 2.05) is 0 Å². The minimum atomic E-state index is -4.39. The Morgan fingerprint density at radius 2 is 1.93 bits per heavy atom. The molecule has 0 amide bonds. The van der Waals surface area contributed by atoms with Gasteiger partial charge in [0, 0.05) is 24.4 Å². The molecule has 0 fully saturated rings. The highest BCUT2D eigenvalue weighted by Crippen LogP contribution is 2.22. The molecule has 0 atom stereocenters. The van der Waals surface area contributed by atoms with Crippen LogP contribution in [-0.4, -0.2) is 13.2 Å². The Bertz CT molecular complexity index is 368. The fraction of sp³-hybridized carbons (Fsp3) is 0.200. The van der Waals surface area contributed by atoms with Crippen molar-refractivity contribution in [1.82, 2.24) is 0 Å². The highest BCUT2D eigenvalue weighted by Gasteiger charge is 2.22. The van der Waals surface area contributed by atoms with Gasteiger partial charge in [0.05, 0.1) is 0 Å². The van der Waals surface area contributed by atoms with Crippen molar-refractivity contribution in [3.63, 3.8) is 0 Å². The molecular formula is C10H9F4N. The third-order valence-electron chi connectivity index (χ3n) is 1.73. The van der Waals surface area contributed by atoms with Crippen molar-refractivity contribution >= 4 is 11.8 Å². The van der Waals surface area contributed by atoms with Crippen molar-refractivity contribution in [2.75, 3.05) is 12.4 Å². The molecule has 0 saturated heterocycles. The minimum absolute atomic E-state index is 0.0720. The summed E-state index contributed by atoms with van der Waals surface area (Å²) in [7, 11) is 1.55. The summed E-state index contributed by atoms with van der Waals surface area (Å²) in [4.78, 5) is 0. The summed E-state index contributed by atoms with van der Waals surface area (Å²) < 4.78 is 48.4. The molecule has 0 aromatic heterocycles. The molecule has 1 aromatic carbocycles. The van der Waals surface area contributed by atoms with Crippen LogP contribution in [-0.2, 0) is 0 Å². The first kappa shape index (κ1) is 11.6. The largest absolute Gasteiger partial charge is 0.409 e. The van der Waals surface area contributed by atoms with Crippen molar-refractivity contribution in [3.8, 4) is 0 Å². The lowest BCUT2D eigenvalue weighted by Crippen LogP contribution is -2.01. The minimum Gasteiger partial charge on any atom is -0.388 e. The monoisotopic (exact) mass is 219 g/mol. The third-order valence-corrected chi connectivity index (χ3v) is 1.73. The summed E-state index contributed by atoms with van der Waals surface area (Å²) in [5.41, 5.74) is 0.603. The van der Waals surface area contributed by atoms with Crippen LogP contribution in [0, 0.1) is 5.82 Å². The van der Waals surface area contributed by atoms with Gasteiger partial charge in [0.1, 0.15) is 5.82 Å². The highest BCUT2D eigenvalue weighted by atomic mass is 19.4. The van der Waals surface area contributed by atoms with Gasteiger partial charge < -0.3 is 5.32 Å². The Kier molecular flexibility index (Phi) is 3.34. The Balaban J connectivity index is 3.02. The Labute approximate surface area is 84.4 Å². The Hall–Kier alpha value is -1.52. The topological polar surface area (TPSA) is 12.0 Å². The van der Waals surface area contributed by atoms with Crippen LogP contribution in [0.2, 0.25) is 0 Å². The number of anilines is 1. The maximum absolute atomic E-state index is 12.8. The molecule has 0 bridgehead atoms. The lowest BCUT2D eigenvalue weighted by atomic mass is 10.1. The molecule has 82 valence electrons. The zero-order valence-corrected chi connectivity index (χ0v) is 7.90. The number of nitrogens with one attached hydrogen (secondary N) is 1. The number of hydrogen-bond acceptors (Lipinski definition) is 1. The van der Waals surface area contributed by atoms with Crippen LogP contribution < -0.4 is 5.32 Å². The molecule has 0 heterocycles. The molecule has 1 N–H and O–H groups in total. The van der Waals surface area contributed by atoms with Crippen LogP contribution in [0.1, 0.15) is 5.56 Å². The molecule has 5 heteroatoms. The van der Waals surface area contributed by atoms with E-state index < -0.39 is 12.0 Å². The van der Waals surface area contributed by atoms with Crippen LogP contribution in [0.15, 0.2) is 24.3 Å². The van der Waals surface area contributed by atoms with Crippen molar-refractivity contribution in [1.29, 1.82) is 0 Å². The second kappa shape index (κ2) is 4.33. The van der Waals surface area contributed by atoms with Crippen LogP contribution >= 0.6 is 0 Å². The van der Waals surface area contributed by atoms with E-state index in [-0.39, 0.29) is 11.6 Å². The zero-order valence-electron chi connectivity index (χ0n) is 7.90. The number of benzene rings is 1. The number of allylic oxidation sites excluding steroid dienone is 1. The standard InChI is InChI=1S/C10H9F4N/c1-15-9-3-2-8(11)6-7(9)4-5-10(12,13)14/h2-6,15H,1H3/b5-4+. The fourth-order valence-electron chi connectivity index (χ4n) is 1.08. The predicted octanol–water partition coefficient (Wildman–Crippen LogP) is 3.44. The summed E-state index contributed by atoms with van der Waals surface area (Å²) >= 11 is 0. The molecule has 0 spiro atoms. The van der Waals surface area contributed by atoms with Crippen LogP contribution in [0.4, 0.5) is 23.2 Å². The van der Waals surface area contributed by atoms with Gasteiger partial charge in [-0.2, -0.15) is 13.2 Å². The average Bonchev–Trinajstić information content (AvgIpc) is 2.14. The van der Waals surface area contributed by atoms with Crippen molar-refractivity contribution in [2.24, 2.45) is 0 Å². The van der Waals surface area contributed by atoms with Gasteiger partial charge in [0.2, 0.25) is 0 Å². The first-order valence-electron chi connectivity index (χ1n) is 4.15. The molecule has 1 nitrogen and oxygen atoms in total. The number of hydrogen-bond donors (Lipinski definition) is 1. The van der Waals surface area contributed by atoms with Crippen molar-refractivity contribution < 1.29 is 17.6 Å². The molecule has 0 aliphatic carbocycles. The summed E-state index contributed by atoms with van der Waals surface area (Å²) in [6.07, 6.45) is -3.49. The number of rotatable bonds is 2. The number of halogens is 4. The van der Waals surface area contributed by atoms with E-state index in [9.17, 15) is 17.6 Å². The second-order valence-electron chi connectivity index (χ2n) is 2.86. The van der Waals surface area contributed by atoms with Gasteiger partial charge in [-0.1, -0.05) is 0 Å². The maximum atomic E-state index is 12.8. The first-order chi connectivity index (χ1) is 6.92. The summed E-state index contributed by atoms with van der Waals surface area (Å²) in [5.74, 6) is -0.573. The molecule has 0 unspecified atom stereocenters. The van der Waals surface area contributed by atoms with E-state index in [0.29, 0.717) is 5.69 Å². The molecule has 1 aromatic rings. The van der Waals surface area contributed by atoms with E-state index in [0.717, 1.165) is 12.1 Å². The lowest BCUT2D eigenvalue weighted by Gasteiger charge is -2.05. The predicted molar refractivity (Wildman–Crippen MR) is 51.0 cm³/mol. The Morgan fingerprint density at radius 1 is 1.27 bits per heavy atom. The highest BCUT2D eigenvalue weighted by molar-refractivity contribution is 5.66. The summed E-state index contributed by atoms with van der Waals surface area (Å²) in [6.45, 7) is 0. The van der Waals surface area contributed by atoms with E-state index in [2.05, 4.69) is 5.32 Å². The molecule has 1 rings (SSSR count). The lowest BCUT2D eigenvalue weighted by molar-refractivity contribution is -0.0790. The van der Waals surface area contributed by atoms with Crippen LogP contribution in [0.3, 0.4) is 0 Å². The van der Waals surface area contributed by atoms with Gasteiger partial charge in [0.15, 0.2) is 0 Å². The Morgan fingerprint density at radius 3 is 2.47 bits per heavy atom. The number of alkyl halides is 3. The van der Waals surface area contributed by atoms with E-state index in [4.69, 9.17) is 0 Å². The van der Waals surface area contributed by atoms with Gasteiger partial charge in [0.25, 0.3) is 0 Å². The normalized spacial score (nSPS) is 12.1. The maximum Gasteiger partial charge on any atom is 0.409 e. The van der Waals surface area contributed by atoms with Gasteiger partial charge in [-0.15, -0.1) is 0 Å². The van der Waals surface area contributed by atoms with Gasteiger partial charge in [-0.05, 0) is 24.3 Å². The SMILES string of the molecule is CNc1ccc(F)cc1/C=C/C(F)(F)F. The van der Waals surface area contributed by atoms with Crippen molar-refractivity contribution in [2.45, 2.75) is 6.18 Å². The van der Waals surface area contributed by atoms with E-state index >= 15 is 0 Å². The van der Waals surface area contributed by atoms with Crippen LogP contribution in [0.5, 0.6) is 0 Å². The van der Waals surface area contributed by atoms with Crippen molar-refractivity contribution in [3.05, 3.63) is 35.7 Å². The van der Waals surface area contributed by atoms with Gasteiger partial charge in [-0.3, -0.25) is 0 Å². The molecular weight excluding hydrogens is 210 g/mol. The quantitative estimate of drug-likeness (QED) is 0.751. The van der Waals surface area contributed by atoms with E-state index in [1.165, 1.54) is 12.1 Å². The van der Waals surface area contributed by atoms with Crippen LogP contribution in [0.25, 0.3) is 6.08 Å². The molecule has 0 saturated carbocycles. The average molecular weight is 219 g/mol. The molecule has 15 heavy (non-hydrogen) atoms. The van der Waals surface area contributed by atoms with Gasteiger partial charge >= 0.3 is 6.18 Å². The van der Waals surface area contributed by atoms with E-state index in [1.54, 1.807) is 7.05 Å².